The van der Waals surface area contributed by atoms with Crippen molar-refractivity contribution in [1.29, 1.82) is 0 Å². The molecule has 0 N–H and O–H groups in total. The lowest BCUT2D eigenvalue weighted by Gasteiger charge is -2.05. The van der Waals surface area contributed by atoms with Gasteiger partial charge in [0, 0.05) is 5.06 Å². The summed E-state index contributed by atoms with van der Waals surface area (Å²) in [6.07, 6.45) is 0. The minimum absolute atomic E-state index is 0.904. The van der Waals surface area contributed by atoms with Gasteiger partial charge in [0.2, 0.25) is 0 Å². The predicted molar refractivity (Wildman–Crippen MR) is 50.3 cm³/mol. The molecule has 0 aliphatic carbocycles. The van der Waals surface area contributed by atoms with Crippen LogP contribution in [0.2, 0.25) is 0 Å². The normalized spacial score (nSPS) is 10.2. The summed E-state index contributed by atoms with van der Waals surface area (Å²) in [7, 11) is 0. The average molecular weight is 165 g/mol. The number of benzene rings is 1. The number of hydrogen-bond acceptors (Lipinski definition) is 2. The third-order valence-corrected chi connectivity index (χ3v) is 1.68. The highest BCUT2D eigenvalue weighted by Gasteiger charge is 2.11. The van der Waals surface area contributed by atoms with Crippen molar-refractivity contribution in [2.45, 2.75) is 13.8 Å². The Morgan fingerprint density at radius 2 is 1.67 bits per heavy atom. The molecule has 0 atom stereocenters. The molecule has 1 aromatic carbocycles. The summed E-state index contributed by atoms with van der Waals surface area (Å²) in [5.74, 6) is 0.904. The fraction of sp³-hybridized carbons (Fsp3) is 0.400. The molecule has 12 heavy (non-hydrogen) atoms. The summed E-state index contributed by atoms with van der Waals surface area (Å²) in [6, 6.07) is 9.84. The molecule has 0 saturated carbocycles. The van der Waals surface area contributed by atoms with Crippen molar-refractivity contribution >= 4 is 0 Å². The third kappa shape index (κ3) is 2.55. The summed E-state index contributed by atoms with van der Waals surface area (Å²) < 4.78 is 0. The highest BCUT2D eigenvalue weighted by atomic mass is 16.7. The Morgan fingerprint density at radius 3 is 2.17 bits per heavy atom. The average Bonchev–Trinajstić information content (AvgIpc) is 2.16. The molecule has 1 aromatic rings. The van der Waals surface area contributed by atoms with Crippen LogP contribution in [0.1, 0.15) is 13.8 Å². The summed E-state index contributed by atoms with van der Waals surface area (Å²) in [4.78, 5) is 5.55. The minimum Gasteiger partial charge on any atom is -0.261 e. The van der Waals surface area contributed by atoms with E-state index in [0.717, 1.165) is 18.8 Å². The van der Waals surface area contributed by atoms with Gasteiger partial charge in [-0.15, -0.1) is 0 Å². The molecule has 0 bridgehead atoms. The van der Waals surface area contributed by atoms with Gasteiger partial charge in [0.1, 0.15) is 0 Å². The third-order valence-electron chi connectivity index (χ3n) is 1.68. The second-order valence-electron chi connectivity index (χ2n) is 2.52. The number of rotatable bonds is 4. The van der Waals surface area contributed by atoms with Crippen molar-refractivity contribution in [1.82, 2.24) is 5.06 Å². The molecule has 2 heteroatoms. The zero-order valence-corrected chi connectivity index (χ0v) is 7.66. The van der Waals surface area contributed by atoms with E-state index in [0.29, 0.717) is 0 Å². The van der Waals surface area contributed by atoms with Crippen LogP contribution in [-0.2, 0) is 0 Å². The van der Waals surface area contributed by atoms with Crippen molar-refractivity contribution in [3.8, 4) is 5.75 Å². The van der Waals surface area contributed by atoms with E-state index in [4.69, 9.17) is 4.84 Å². The van der Waals surface area contributed by atoms with Gasteiger partial charge >= 0.3 is 0 Å². The van der Waals surface area contributed by atoms with Gasteiger partial charge in [-0.3, -0.25) is 4.84 Å². The molecule has 0 spiro atoms. The van der Waals surface area contributed by atoms with E-state index in [1.807, 2.05) is 35.4 Å². The van der Waals surface area contributed by atoms with E-state index >= 15 is 0 Å². The van der Waals surface area contributed by atoms with E-state index in [-0.39, 0.29) is 0 Å². The van der Waals surface area contributed by atoms with Crippen LogP contribution in [0.15, 0.2) is 30.3 Å². The van der Waals surface area contributed by atoms with Crippen molar-refractivity contribution in [2.75, 3.05) is 13.1 Å². The van der Waals surface area contributed by atoms with Crippen LogP contribution < -0.4 is 9.90 Å². The van der Waals surface area contributed by atoms with Crippen LogP contribution in [0.3, 0.4) is 0 Å². The smallest absolute Gasteiger partial charge is 0.197 e. The predicted octanol–water partition coefficient (Wildman–Crippen LogP) is 2.16. The standard InChI is InChI=1S/C10H15NO/c1-3-11(4-2)12-10-8-6-5-7-9-10/h5-9H,3-4H2,1-2H3/q+1. The van der Waals surface area contributed by atoms with Crippen molar-refractivity contribution < 1.29 is 4.84 Å². The number of nitrogens with zero attached hydrogens (tertiary/aromatic N) is 1. The van der Waals surface area contributed by atoms with Crippen molar-refractivity contribution in [3.05, 3.63) is 30.3 Å². The summed E-state index contributed by atoms with van der Waals surface area (Å²) in [5.41, 5.74) is 0. The van der Waals surface area contributed by atoms with E-state index in [9.17, 15) is 0 Å². The van der Waals surface area contributed by atoms with E-state index in [1.54, 1.807) is 0 Å². The Labute approximate surface area is 73.7 Å². The molecule has 65 valence electrons. The molecule has 0 saturated heterocycles. The first kappa shape index (κ1) is 9.07. The monoisotopic (exact) mass is 165 g/mol. The molecule has 0 aliphatic rings. The maximum atomic E-state index is 5.55. The van der Waals surface area contributed by atoms with Crippen LogP contribution in [0, 0.1) is 0 Å². The van der Waals surface area contributed by atoms with Crippen molar-refractivity contribution in [3.63, 3.8) is 0 Å². The summed E-state index contributed by atoms with van der Waals surface area (Å²) >= 11 is 0. The molecule has 0 aromatic heterocycles. The fourth-order valence-electron chi connectivity index (χ4n) is 0.983. The van der Waals surface area contributed by atoms with E-state index in [1.165, 1.54) is 0 Å². The number of hydrogen-bond donors (Lipinski definition) is 0. The fourth-order valence-corrected chi connectivity index (χ4v) is 0.983. The molecule has 0 heterocycles. The molecule has 1 rings (SSSR count). The molecular weight excluding hydrogens is 150 g/mol. The van der Waals surface area contributed by atoms with Crippen LogP contribution in [0.5, 0.6) is 5.75 Å². The quantitative estimate of drug-likeness (QED) is 0.493. The molecule has 0 unspecified atom stereocenters. The van der Waals surface area contributed by atoms with Crippen LogP contribution >= 0.6 is 0 Å². The Hall–Kier alpha value is -1.02. The lowest BCUT2D eigenvalue weighted by Crippen LogP contribution is -2.33. The second kappa shape index (κ2) is 4.78. The molecule has 0 fully saturated rings. The van der Waals surface area contributed by atoms with Gasteiger partial charge in [-0.25, -0.2) is 0 Å². The highest BCUT2D eigenvalue weighted by molar-refractivity contribution is 5.20. The second-order valence-corrected chi connectivity index (χ2v) is 2.52. The first-order chi connectivity index (χ1) is 5.86. The SMILES string of the molecule is CC[N+](CC)Oc1ccccc1. The number of hydroxylamine groups is 2. The van der Waals surface area contributed by atoms with Crippen LogP contribution in [0.4, 0.5) is 0 Å². The van der Waals surface area contributed by atoms with Gasteiger partial charge in [-0.05, 0) is 26.0 Å². The highest BCUT2D eigenvalue weighted by Crippen LogP contribution is 2.08. The maximum absolute atomic E-state index is 5.55. The Morgan fingerprint density at radius 1 is 1.08 bits per heavy atom. The topological polar surface area (TPSA) is 15.1 Å². The summed E-state index contributed by atoms with van der Waals surface area (Å²) in [5, 5.41) is 1.91. The number of para-hydroxylation sites is 1. The van der Waals surface area contributed by atoms with Gasteiger partial charge < -0.3 is 0 Å². The van der Waals surface area contributed by atoms with Gasteiger partial charge in [0.15, 0.2) is 18.8 Å². The van der Waals surface area contributed by atoms with Gasteiger partial charge in [0.25, 0.3) is 0 Å². The van der Waals surface area contributed by atoms with Crippen molar-refractivity contribution in [2.24, 2.45) is 0 Å². The molecular formula is C10H15NO+. The molecule has 0 amide bonds. The Balaban J connectivity index is 2.51. The Bertz CT molecular complexity index is 206. The Kier molecular flexibility index (Phi) is 3.61. The van der Waals surface area contributed by atoms with Crippen LogP contribution in [-0.4, -0.2) is 13.1 Å². The minimum atomic E-state index is 0.904. The first-order valence-electron chi connectivity index (χ1n) is 4.34. The van der Waals surface area contributed by atoms with Crippen LogP contribution in [0.25, 0.3) is 0 Å². The van der Waals surface area contributed by atoms with Gasteiger partial charge in [-0.2, -0.15) is 0 Å². The van der Waals surface area contributed by atoms with E-state index in [2.05, 4.69) is 13.8 Å². The molecule has 0 aliphatic heterocycles. The molecule has 2 nitrogen and oxygen atoms in total. The van der Waals surface area contributed by atoms with Gasteiger partial charge in [-0.1, -0.05) is 18.2 Å². The largest absolute Gasteiger partial charge is 0.261 e. The lowest BCUT2D eigenvalue weighted by molar-refractivity contribution is 0.0559. The van der Waals surface area contributed by atoms with E-state index < -0.39 is 0 Å². The van der Waals surface area contributed by atoms with Gasteiger partial charge in [0.05, 0.1) is 0 Å². The first-order valence-corrected chi connectivity index (χ1v) is 4.34. The zero-order chi connectivity index (χ0) is 8.81. The lowest BCUT2D eigenvalue weighted by atomic mass is 10.3. The summed E-state index contributed by atoms with van der Waals surface area (Å²) in [6.45, 7) is 5.97. The zero-order valence-electron chi connectivity index (χ0n) is 7.66. The molecule has 1 radical (unpaired) electrons. The maximum Gasteiger partial charge on any atom is 0.197 e.